The molecular weight excluding hydrogens is 367 g/mol. The van der Waals surface area contributed by atoms with E-state index in [0.717, 1.165) is 25.7 Å². The van der Waals surface area contributed by atoms with E-state index >= 15 is 0 Å². The molecule has 2 amide bonds. The maximum absolute atomic E-state index is 13.8. The van der Waals surface area contributed by atoms with Crippen LogP contribution in [0, 0.1) is 5.82 Å². The van der Waals surface area contributed by atoms with Crippen LogP contribution in [0.4, 0.5) is 15.2 Å². The lowest BCUT2D eigenvalue weighted by Crippen LogP contribution is -2.52. The van der Waals surface area contributed by atoms with Gasteiger partial charge in [-0.3, -0.25) is 9.59 Å². The van der Waals surface area contributed by atoms with Gasteiger partial charge in [0.25, 0.3) is 5.91 Å². The molecule has 8 heteroatoms. The summed E-state index contributed by atoms with van der Waals surface area (Å²) in [5, 5.41) is 7.99. The van der Waals surface area contributed by atoms with Crippen LogP contribution in [0.15, 0.2) is 29.6 Å². The van der Waals surface area contributed by atoms with E-state index in [9.17, 15) is 14.0 Å². The lowest BCUT2D eigenvalue weighted by molar-refractivity contribution is -0.126. The van der Waals surface area contributed by atoms with E-state index in [2.05, 4.69) is 15.6 Å². The molecule has 142 valence electrons. The zero-order chi connectivity index (χ0) is 18.8. The number of anilines is 2. The molecule has 1 aromatic heterocycles. The van der Waals surface area contributed by atoms with Gasteiger partial charge in [0.2, 0.25) is 5.91 Å². The van der Waals surface area contributed by atoms with Gasteiger partial charge in [0.15, 0.2) is 5.13 Å². The summed E-state index contributed by atoms with van der Waals surface area (Å²) >= 11 is 1.24. The second-order valence-electron chi connectivity index (χ2n) is 6.94. The van der Waals surface area contributed by atoms with Gasteiger partial charge in [-0.1, -0.05) is 12.1 Å². The number of hydrogen-bond acceptors (Lipinski definition) is 5. The predicted octanol–water partition coefficient (Wildman–Crippen LogP) is 3.30. The number of likely N-dealkylation sites (tertiary alicyclic amines) is 1. The molecule has 1 saturated carbocycles. The van der Waals surface area contributed by atoms with Crippen molar-refractivity contribution in [2.75, 3.05) is 11.9 Å². The topological polar surface area (TPSA) is 74.3 Å². The molecule has 1 aromatic carbocycles. The lowest BCUT2D eigenvalue weighted by atomic mass is 10.0. The SMILES string of the molecule is O=C(NC1CC1)C1CCCCN1C(=O)c1csc(Nc2ccccc2F)n1. The molecule has 2 N–H and O–H groups in total. The number of thiazole rings is 1. The summed E-state index contributed by atoms with van der Waals surface area (Å²) in [6.07, 6.45) is 4.52. The number of halogens is 1. The maximum atomic E-state index is 13.8. The zero-order valence-corrected chi connectivity index (χ0v) is 15.6. The van der Waals surface area contributed by atoms with E-state index in [1.807, 2.05) is 0 Å². The molecule has 0 bridgehead atoms. The number of benzene rings is 1. The van der Waals surface area contributed by atoms with Gasteiger partial charge in [-0.05, 0) is 44.2 Å². The quantitative estimate of drug-likeness (QED) is 0.824. The Morgan fingerprint density at radius 2 is 2.00 bits per heavy atom. The third-order valence-corrected chi connectivity index (χ3v) is 5.59. The highest BCUT2D eigenvalue weighted by atomic mass is 32.1. The monoisotopic (exact) mass is 388 g/mol. The Morgan fingerprint density at radius 1 is 1.19 bits per heavy atom. The second-order valence-corrected chi connectivity index (χ2v) is 7.79. The van der Waals surface area contributed by atoms with Crippen molar-refractivity contribution in [3.8, 4) is 0 Å². The summed E-state index contributed by atoms with van der Waals surface area (Å²) in [6, 6.07) is 6.14. The van der Waals surface area contributed by atoms with Crippen molar-refractivity contribution in [1.29, 1.82) is 0 Å². The Morgan fingerprint density at radius 3 is 2.78 bits per heavy atom. The van der Waals surface area contributed by atoms with Crippen LogP contribution in [0.1, 0.15) is 42.6 Å². The molecule has 6 nitrogen and oxygen atoms in total. The van der Waals surface area contributed by atoms with Crippen LogP contribution in [-0.4, -0.2) is 40.3 Å². The first-order chi connectivity index (χ1) is 13.1. The normalized spacial score (nSPS) is 19.6. The fourth-order valence-corrected chi connectivity index (χ4v) is 3.92. The summed E-state index contributed by atoms with van der Waals surface area (Å²) < 4.78 is 13.8. The van der Waals surface area contributed by atoms with E-state index in [1.54, 1.807) is 28.5 Å². The van der Waals surface area contributed by atoms with Crippen LogP contribution in [0.2, 0.25) is 0 Å². The van der Waals surface area contributed by atoms with Gasteiger partial charge in [0, 0.05) is 18.0 Å². The van der Waals surface area contributed by atoms with Crippen LogP contribution in [0.5, 0.6) is 0 Å². The molecule has 0 radical (unpaired) electrons. The van der Waals surface area contributed by atoms with Gasteiger partial charge in [-0.15, -0.1) is 11.3 Å². The number of amides is 2. The van der Waals surface area contributed by atoms with Crippen LogP contribution >= 0.6 is 11.3 Å². The Kier molecular flexibility index (Phi) is 5.07. The second kappa shape index (κ2) is 7.64. The molecule has 2 aliphatic rings. The van der Waals surface area contributed by atoms with Gasteiger partial charge >= 0.3 is 0 Å². The number of para-hydroxylation sites is 1. The van der Waals surface area contributed by atoms with Crippen molar-refractivity contribution < 1.29 is 14.0 Å². The van der Waals surface area contributed by atoms with Crippen molar-refractivity contribution in [1.82, 2.24) is 15.2 Å². The predicted molar refractivity (Wildman–Crippen MR) is 102 cm³/mol. The average molecular weight is 388 g/mol. The maximum Gasteiger partial charge on any atom is 0.274 e. The molecule has 27 heavy (non-hydrogen) atoms. The third kappa shape index (κ3) is 4.10. The minimum atomic E-state index is -0.434. The summed E-state index contributed by atoms with van der Waals surface area (Å²) in [6.45, 7) is 0.551. The molecule has 4 rings (SSSR count). The highest BCUT2D eigenvalue weighted by Crippen LogP contribution is 2.26. The van der Waals surface area contributed by atoms with E-state index in [0.29, 0.717) is 23.8 Å². The Bertz CT molecular complexity index is 852. The Hall–Kier alpha value is -2.48. The number of rotatable bonds is 5. The lowest BCUT2D eigenvalue weighted by Gasteiger charge is -2.34. The molecule has 1 aliphatic carbocycles. The third-order valence-electron chi connectivity index (χ3n) is 4.83. The Labute approximate surface area is 160 Å². The van der Waals surface area contributed by atoms with Crippen molar-refractivity contribution >= 4 is 34.0 Å². The Balaban J connectivity index is 1.47. The van der Waals surface area contributed by atoms with Crippen LogP contribution in [0.3, 0.4) is 0 Å². The van der Waals surface area contributed by atoms with Crippen molar-refractivity contribution in [3.63, 3.8) is 0 Å². The molecule has 2 heterocycles. The van der Waals surface area contributed by atoms with E-state index in [-0.39, 0.29) is 29.4 Å². The molecule has 1 atom stereocenters. The molecule has 0 spiro atoms. The van der Waals surface area contributed by atoms with Gasteiger partial charge in [0.1, 0.15) is 17.6 Å². The number of piperidine rings is 1. The molecule has 1 unspecified atom stereocenters. The number of nitrogens with one attached hydrogen (secondary N) is 2. The molecule has 1 saturated heterocycles. The molecular formula is C19H21FN4O2S. The van der Waals surface area contributed by atoms with Gasteiger partial charge in [-0.25, -0.2) is 9.37 Å². The van der Waals surface area contributed by atoms with Crippen molar-refractivity contribution in [2.24, 2.45) is 0 Å². The molecule has 2 aromatic rings. The smallest absolute Gasteiger partial charge is 0.274 e. The number of carbonyl (C=O) groups is 2. The first kappa shape index (κ1) is 17.9. The minimum Gasteiger partial charge on any atom is -0.352 e. The van der Waals surface area contributed by atoms with Gasteiger partial charge in [0.05, 0.1) is 5.69 Å². The summed E-state index contributed by atoms with van der Waals surface area (Å²) in [5.41, 5.74) is 0.593. The van der Waals surface area contributed by atoms with E-state index in [4.69, 9.17) is 0 Å². The summed E-state index contributed by atoms with van der Waals surface area (Å²) in [5.74, 6) is -0.692. The largest absolute Gasteiger partial charge is 0.352 e. The molecule has 1 aliphatic heterocycles. The fourth-order valence-electron chi connectivity index (χ4n) is 3.23. The number of aromatic nitrogens is 1. The standard InChI is InChI=1S/C19H21FN4O2S/c20-13-5-1-2-6-14(13)22-19-23-15(11-27-19)18(26)24-10-4-3-7-16(24)17(25)21-12-8-9-12/h1-2,5-6,11-12,16H,3-4,7-10H2,(H,21,25)(H,22,23). The average Bonchev–Trinajstić information content (AvgIpc) is 3.37. The fraction of sp³-hybridized carbons (Fsp3) is 0.421. The summed E-state index contributed by atoms with van der Waals surface area (Å²) in [7, 11) is 0. The van der Waals surface area contributed by atoms with E-state index < -0.39 is 6.04 Å². The zero-order valence-electron chi connectivity index (χ0n) is 14.8. The van der Waals surface area contributed by atoms with Crippen LogP contribution in [-0.2, 0) is 4.79 Å². The van der Waals surface area contributed by atoms with Gasteiger partial charge in [-0.2, -0.15) is 0 Å². The molecule has 2 fully saturated rings. The first-order valence-corrected chi connectivity index (χ1v) is 10.1. The summed E-state index contributed by atoms with van der Waals surface area (Å²) in [4.78, 5) is 31.4. The highest BCUT2D eigenvalue weighted by Gasteiger charge is 2.35. The number of carbonyl (C=O) groups excluding carboxylic acids is 2. The number of nitrogens with zero attached hydrogens (tertiary/aromatic N) is 2. The minimum absolute atomic E-state index is 0.0644. The van der Waals surface area contributed by atoms with Gasteiger partial charge < -0.3 is 15.5 Å². The van der Waals surface area contributed by atoms with Crippen molar-refractivity contribution in [3.05, 3.63) is 41.2 Å². The van der Waals surface area contributed by atoms with Crippen molar-refractivity contribution in [2.45, 2.75) is 44.2 Å². The first-order valence-electron chi connectivity index (χ1n) is 9.20. The van der Waals surface area contributed by atoms with E-state index in [1.165, 1.54) is 17.4 Å². The van der Waals surface area contributed by atoms with Crippen LogP contribution in [0.25, 0.3) is 0 Å². The van der Waals surface area contributed by atoms with Crippen LogP contribution < -0.4 is 10.6 Å². The number of hydrogen-bond donors (Lipinski definition) is 2. The highest BCUT2D eigenvalue weighted by molar-refractivity contribution is 7.14.